The quantitative estimate of drug-likeness (QED) is 0.718. The van der Waals surface area contributed by atoms with Gasteiger partial charge in [0.25, 0.3) is 5.91 Å². The standard InChI is InChI=1S/C22H28N2O4/c1-5-13-27-18-9-11-19(12-10-18)28-15-22(26)24(4)14-21(25)23-20-8-6-7-16(2)17(20)3/h6-12H,5,13-15H2,1-4H3,(H,23,25). The van der Waals surface area contributed by atoms with Crippen LogP contribution in [-0.2, 0) is 9.59 Å². The molecule has 0 saturated heterocycles. The van der Waals surface area contributed by atoms with Gasteiger partial charge in [-0.25, -0.2) is 0 Å². The van der Waals surface area contributed by atoms with Crippen LogP contribution in [0, 0.1) is 13.8 Å². The molecule has 2 aromatic rings. The molecule has 6 heteroatoms. The lowest BCUT2D eigenvalue weighted by Gasteiger charge is -2.18. The molecule has 0 aliphatic rings. The first-order valence-electron chi connectivity index (χ1n) is 9.36. The molecule has 0 radical (unpaired) electrons. The van der Waals surface area contributed by atoms with E-state index in [0.717, 1.165) is 29.0 Å². The summed E-state index contributed by atoms with van der Waals surface area (Å²) in [5.74, 6) is 0.815. The lowest BCUT2D eigenvalue weighted by Crippen LogP contribution is -2.37. The maximum atomic E-state index is 12.2. The average Bonchev–Trinajstić information content (AvgIpc) is 2.68. The largest absolute Gasteiger partial charge is 0.494 e. The highest BCUT2D eigenvalue weighted by atomic mass is 16.5. The molecule has 0 heterocycles. The minimum Gasteiger partial charge on any atom is -0.494 e. The predicted molar refractivity (Wildman–Crippen MR) is 110 cm³/mol. The number of amides is 2. The average molecular weight is 384 g/mol. The van der Waals surface area contributed by atoms with Crippen molar-refractivity contribution in [2.24, 2.45) is 0 Å². The van der Waals surface area contributed by atoms with E-state index in [1.165, 1.54) is 4.90 Å². The number of anilines is 1. The summed E-state index contributed by atoms with van der Waals surface area (Å²) in [5.41, 5.74) is 2.87. The second-order valence-corrected chi connectivity index (χ2v) is 6.65. The Morgan fingerprint density at radius 1 is 1.00 bits per heavy atom. The Hall–Kier alpha value is -3.02. The number of carbonyl (C=O) groups is 2. The van der Waals surface area contributed by atoms with E-state index >= 15 is 0 Å². The van der Waals surface area contributed by atoms with Crippen molar-refractivity contribution in [3.63, 3.8) is 0 Å². The Kier molecular flexibility index (Phi) is 7.87. The molecule has 0 fully saturated rings. The lowest BCUT2D eigenvalue weighted by molar-refractivity contribution is -0.135. The van der Waals surface area contributed by atoms with E-state index in [0.29, 0.717) is 12.4 Å². The van der Waals surface area contributed by atoms with E-state index in [-0.39, 0.29) is 25.0 Å². The van der Waals surface area contributed by atoms with Gasteiger partial charge in [-0.3, -0.25) is 9.59 Å². The van der Waals surface area contributed by atoms with Crippen LogP contribution < -0.4 is 14.8 Å². The number of benzene rings is 2. The Labute approximate surface area is 166 Å². The van der Waals surface area contributed by atoms with Crippen LogP contribution in [0.25, 0.3) is 0 Å². The first kappa shape index (κ1) is 21.3. The molecule has 0 aliphatic heterocycles. The fourth-order valence-electron chi connectivity index (χ4n) is 2.49. The Morgan fingerprint density at radius 3 is 2.29 bits per heavy atom. The number of hydrogen-bond donors (Lipinski definition) is 1. The predicted octanol–water partition coefficient (Wildman–Crippen LogP) is 3.57. The molecule has 0 aromatic heterocycles. The first-order chi connectivity index (χ1) is 13.4. The highest BCUT2D eigenvalue weighted by molar-refractivity contribution is 5.95. The molecular formula is C22H28N2O4. The number of nitrogens with one attached hydrogen (secondary N) is 1. The van der Waals surface area contributed by atoms with Crippen molar-refractivity contribution in [3.05, 3.63) is 53.6 Å². The molecule has 150 valence electrons. The normalized spacial score (nSPS) is 10.3. The lowest BCUT2D eigenvalue weighted by atomic mass is 10.1. The van der Waals surface area contributed by atoms with Gasteiger partial charge in [-0.05, 0) is 61.7 Å². The number of carbonyl (C=O) groups excluding carboxylic acids is 2. The van der Waals surface area contributed by atoms with Gasteiger partial charge in [0.15, 0.2) is 6.61 Å². The molecular weight excluding hydrogens is 356 g/mol. The zero-order valence-electron chi connectivity index (χ0n) is 17.0. The van der Waals surface area contributed by atoms with Crippen molar-refractivity contribution < 1.29 is 19.1 Å². The fraction of sp³-hybridized carbons (Fsp3) is 0.364. The van der Waals surface area contributed by atoms with Crippen LogP contribution in [0.1, 0.15) is 24.5 Å². The van der Waals surface area contributed by atoms with E-state index in [1.807, 2.05) is 39.0 Å². The minimum atomic E-state index is -0.276. The van der Waals surface area contributed by atoms with Gasteiger partial charge < -0.3 is 19.7 Å². The van der Waals surface area contributed by atoms with Gasteiger partial charge in [0.05, 0.1) is 13.2 Å². The summed E-state index contributed by atoms with van der Waals surface area (Å²) in [6.45, 7) is 6.46. The molecule has 2 amide bonds. The molecule has 6 nitrogen and oxygen atoms in total. The number of likely N-dealkylation sites (N-methyl/N-ethyl adjacent to an activating group) is 1. The third kappa shape index (κ3) is 6.30. The van der Waals surface area contributed by atoms with Crippen molar-refractivity contribution in [2.45, 2.75) is 27.2 Å². The van der Waals surface area contributed by atoms with E-state index in [4.69, 9.17) is 9.47 Å². The summed E-state index contributed by atoms with van der Waals surface area (Å²) in [4.78, 5) is 25.8. The van der Waals surface area contributed by atoms with Gasteiger partial charge in [-0.2, -0.15) is 0 Å². The van der Waals surface area contributed by atoms with Gasteiger partial charge in [0, 0.05) is 12.7 Å². The zero-order chi connectivity index (χ0) is 20.5. The molecule has 28 heavy (non-hydrogen) atoms. The first-order valence-corrected chi connectivity index (χ1v) is 9.36. The molecule has 0 unspecified atom stereocenters. The van der Waals surface area contributed by atoms with Gasteiger partial charge in [-0.1, -0.05) is 19.1 Å². The Morgan fingerprint density at radius 2 is 1.64 bits per heavy atom. The highest BCUT2D eigenvalue weighted by Crippen LogP contribution is 2.19. The summed E-state index contributed by atoms with van der Waals surface area (Å²) < 4.78 is 11.0. The van der Waals surface area contributed by atoms with Crippen molar-refractivity contribution in [3.8, 4) is 11.5 Å². The monoisotopic (exact) mass is 384 g/mol. The van der Waals surface area contributed by atoms with Crippen LogP contribution >= 0.6 is 0 Å². The Bertz CT molecular complexity index is 803. The number of rotatable bonds is 9. The van der Waals surface area contributed by atoms with Crippen molar-refractivity contribution in [2.75, 3.05) is 32.1 Å². The number of aryl methyl sites for hydroxylation is 1. The Balaban J connectivity index is 1.80. The second kappa shape index (κ2) is 10.3. The van der Waals surface area contributed by atoms with Crippen LogP contribution in [0.5, 0.6) is 11.5 Å². The summed E-state index contributed by atoms with van der Waals surface area (Å²) >= 11 is 0. The summed E-state index contributed by atoms with van der Waals surface area (Å²) in [6.07, 6.45) is 0.941. The minimum absolute atomic E-state index is 0.0423. The molecule has 0 spiro atoms. The highest BCUT2D eigenvalue weighted by Gasteiger charge is 2.14. The maximum absolute atomic E-state index is 12.2. The third-order valence-electron chi connectivity index (χ3n) is 4.34. The summed E-state index contributed by atoms with van der Waals surface area (Å²) in [7, 11) is 1.58. The SMILES string of the molecule is CCCOc1ccc(OCC(=O)N(C)CC(=O)Nc2cccc(C)c2C)cc1. The third-order valence-corrected chi connectivity index (χ3v) is 4.34. The maximum Gasteiger partial charge on any atom is 0.260 e. The van der Waals surface area contributed by atoms with Crippen LogP contribution in [0.15, 0.2) is 42.5 Å². The number of ether oxygens (including phenoxy) is 2. The van der Waals surface area contributed by atoms with Gasteiger partial charge in [0.1, 0.15) is 11.5 Å². The molecule has 0 saturated carbocycles. The fourth-order valence-corrected chi connectivity index (χ4v) is 2.49. The van der Waals surface area contributed by atoms with Crippen LogP contribution in [0.4, 0.5) is 5.69 Å². The van der Waals surface area contributed by atoms with Gasteiger partial charge in [0.2, 0.25) is 5.91 Å². The van der Waals surface area contributed by atoms with E-state index in [9.17, 15) is 9.59 Å². The summed E-state index contributed by atoms with van der Waals surface area (Å²) in [5, 5.41) is 2.85. The van der Waals surface area contributed by atoms with Crippen molar-refractivity contribution >= 4 is 17.5 Å². The number of nitrogens with zero attached hydrogens (tertiary/aromatic N) is 1. The molecule has 1 N–H and O–H groups in total. The van der Waals surface area contributed by atoms with Gasteiger partial charge in [-0.15, -0.1) is 0 Å². The zero-order valence-corrected chi connectivity index (χ0v) is 17.0. The van der Waals surface area contributed by atoms with Gasteiger partial charge >= 0.3 is 0 Å². The topological polar surface area (TPSA) is 67.9 Å². The van der Waals surface area contributed by atoms with Crippen LogP contribution in [0.2, 0.25) is 0 Å². The molecule has 0 aliphatic carbocycles. The molecule has 2 aromatic carbocycles. The van der Waals surface area contributed by atoms with E-state index in [1.54, 1.807) is 31.3 Å². The van der Waals surface area contributed by atoms with E-state index < -0.39 is 0 Å². The van der Waals surface area contributed by atoms with Crippen molar-refractivity contribution in [1.29, 1.82) is 0 Å². The number of hydrogen-bond acceptors (Lipinski definition) is 4. The van der Waals surface area contributed by atoms with Crippen LogP contribution in [0.3, 0.4) is 0 Å². The second-order valence-electron chi connectivity index (χ2n) is 6.65. The van der Waals surface area contributed by atoms with E-state index in [2.05, 4.69) is 5.32 Å². The van der Waals surface area contributed by atoms with Crippen LogP contribution in [-0.4, -0.2) is 43.5 Å². The smallest absolute Gasteiger partial charge is 0.260 e. The summed E-state index contributed by atoms with van der Waals surface area (Å²) in [6, 6.07) is 12.8. The molecule has 2 rings (SSSR count). The van der Waals surface area contributed by atoms with Crippen molar-refractivity contribution in [1.82, 2.24) is 4.90 Å². The molecule has 0 atom stereocenters. The molecule has 0 bridgehead atoms.